The van der Waals surface area contributed by atoms with Gasteiger partial charge < -0.3 is 9.47 Å². The summed E-state index contributed by atoms with van der Waals surface area (Å²) in [5, 5.41) is 4.21. The van der Waals surface area contributed by atoms with Crippen LogP contribution in [0.4, 0.5) is 0 Å². The summed E-state index contributed by atoms with van der Waals surface area (Å²) in [5.74, 6) is 0.969. The van der Waals surface area contributed by atoms with Gasteiger partial charge in [-0.1, -0.05) is 6.42 Å². The molecule has 0 bridgehead atoms. The summed E-state index contributed by atoms with van der Waals surface area (Å²) in [7, 11) is 0. The van der Waals surface area contributed by atoms with Gasteiger partial charge in [0.05, 0.1) is 24.7 Å². The van der Waals surface area contributed by atoms with Crippen molar-refractivity contribution in [1.82, 2.24) is 14.6 Å². The highest BCUT2D eigenvalue weighted by Gasteiger charge is 2.33. The number of esters is 1. The van der Waals surface area contributed by atoms with Crippen molar-refractivity contribution < 1.29 is 14.3 Å². The van der Waals surface area contributed by atoms with Gasteiger partial charge in [-0.3, -0.25) is 0 Å². The molecule has 6 heteroatoms. The van der Waals surface area contributed by atoms with Crippen molar-refractivity contribution in [3.05, 3.63) is 23.7 Å². The van der Waals surface area contributed by atoms with Crippen LogP contribution in [-0.4, -0.2) is 33.3 Å². The first-order chi connectivity index (χ1) is 10.8. The molecule has 0 amide bonds. The summed E-state index contributed by atoms with van der Waals surface area (Å²) in [6, 6.07) is 0. The molecule has 116 valence electrons. The smallest absolute Gasteiger partial charge is 0.343 e. The molecule has 1 aliphatic carbocycles. The van der Waals surface area contributed by atoms with Crippen LogP contribution in [0.1, 0.15) is 48.7 Å². The molecule has 0 N–H and O–H groups in total. The molecule has 0 unspecified atom stereocenters. The number of rotatable bonds is 2. The summed E-state index contributed by atoms with van der Waals surface area (Å²) in [4.78, 5) is 16.6. The first-order valence-electron chi connectivity index (χ1n) is 7.97. The van der Waals surface area contributed by atoms with Gasteiger partial charge in [0, 0.05) is 5.92 Å². The summed E-state index contributed by atoms with van der Waals surface area (Å²) in [6.07, 6.45) is 9.40. The van der Waals surface area contributed by atoms with Crippen molar-refractivity contribution in [3.63, 3.8) is 0 Å². The van der Waals surface area contributed by atoms with Crippen LogP contribution in [0.5, 0.6) is 5.75 Å². The van der Waals surface area contributed by atoms with Crippen LogP contribution in [0.25, 0.3) is 5.65 Å². The molecule has 3 heterocycles. The Bertz CT molecular complexity index is 725. The lowest BCUT2D eigenvalue weighted by Crippen LogP contribution is -2.36. The highest BCUT2D eigenvalue weighted by atomic mass is 16.5. The lowest BCUT2D eigenvalue weighted by atomic mass is 9.82. The van der Waals surface area contributed by atoms with Crippen LogP contribution >= 0.6 is 0 Å². The predicted octanol–water partition coefficient (Wildman–Crippen LogP) is 2.40. The van der Waals surface area contributed by atoms with Crippen LogP contribution < -0.4 is 4.74 Å². The van der Waals surface area contributed by atoms with Gasteiger partial charge in [-0.25, -0.2) is 14.3 Å². The quantitative estimate of drug-likeness (QED) is 0.797. The number of ether oxygens (including phenoxy) is 2. The van der Waals surface area contributed by atoms with E-state index in [-0.39, 0.29) is 5.97 Å². The van der Waals surface area contributed by atoms with Crippen molar-refractivity contribution >= 4 is 11.6 Å². The molecule has 0 spiro atoms. The molecule has 1 fully saturated rings. The van der Waals surface area contributed by atoms with E-state index in [9.17, 15) is 4.79 Å². The maximum Gasteiger partial charge on any atom is 0.343 e. The maximum absolute atomic E-state index is 12.0. The van der Waals surface area contributed by atoms with E-state index in [1.54, 1.807) is 11.4 Å². The Labute approximate surface area is 128 Å². The maximum atomic E-state index is 12.0. The van der Waals surface area contributed by atoms with Crippen molar-refractivity contribution in [2.24, 2.45) is 5.92 Å². The van der Waals surface area contributed by atoms with E-state index < -0.39 is 0 Å². The number of aromatic nitrogens is 3. The number of fused-ring (bicyclic) bond motifs is 3. The Morgan fingerprint density at radius 1 is 1.45 bits per heavy atom. The average molecular weight is 301 g/mol. The second-order valence-corrected chi connectivity index (χ2v) is 6.00. The number of hydrogen-bond donors (Lipinski definition) is 0. The van der Waals surface area contributed by atoms with E-state index in [4.69, 9.17) is 9.47 Å². The zero-order valence-corrected chi connectivity index (χ0v) is 12.6. The van der Waals surface area contributed by atoms with E-state index >= 15 is 0 Å². The third-order valence-electron chi connectivity index (χ3n) is 4.60. The topological polar surface area (TPSA) is 65.7 Å². The zero-order chi connectivity index (χ0) is 15.1. The summed E-state index contributed by atoms with van der Waals surface area (Å²) >= 11 is 0. The molecule has 6 nitrogen and oxygen atoms in total. The predicted molar refractivity (Wildman–Crippen MR) is 79.0 cm³/mol. The number of carbonyl (C=O) groups excluding carboxylic acids is 1. The van der Waals surface area contributed by atoms with Crippen molar-refractivity contribution in [1.29, 1.82) is 0 Å². The van der Waals surface area contributed by atoms with Gasteiger partial charge in [-0.2, -0.15) is 5.10 Å². The Morgan fingerprint density at radius 2 is 2.32 bits per heavy atom. The highest BCUT2D eigenvalue weighted by molar-refractivity contribution is 5.95. The third kappa shape index (κ3) is 2.14. The van der Waals surface area contributed by atoms with Crippen LogP contribution in [-0.2, 0) is 11.2 Å². The van der Waals surface area contributed by atoms with E-state index in [0.29, 0.717) is 29.8 Å². The largest absolute Gasteiger partial charge is 0.487 e. The first-order valence-corrected chi connectivity index (χ1v) is 7.97. The molecule has 4 rings (SSSR count). The molecule has 2 aromatic rings. The Balaban J connectivity index is 1.73. The van der Waals surface area contributed by atoms with Crippen LogP contribution in [0.15, 0.2) is 12.4 Å². The summed E-state index contributed by atoms with van der Waals surface area (Å²) in [6.45, 7) is 2.13. The fourth-order valence-electron chi connectivity index (χ4n) is 3.50. The lowest BCUT2D eigenvalue weighted by Gasteiger charge is -2.36. The van der Waals surface area contributed by atoms with E-state index in [1.165, 1.54) is 25.5 Å². The molecular formula is C16H19N3O3. The van der Waals surface area contributed by atoms with Gasteiger partial charge in [-0.15, -0.1) is 0 Å². The fourth-order valence-corrected chi connectivity index (χ4v) is 3.50. The molecule has 0 radical (unpaired) electrons. The second-order valence-electron chi connectivity index (χ2n) is 6.00. The van der Waals surface area contributed by atoms with Gasteiger partial charge in [0.1, 0.15) is 11.7 Å². The molecule has 2 atom stereocenters. The number of carbonyl (C=O) groups is 1. The van der Waals surface area contributed by atoms with Crippen LogP contribution in [0.2, 0.25) is 0 Å². The Hall–Kier alpha value is -2.11. The SMILES string of the molecule is CCOC(=O)c1cnn2cc3c(nc12)C[C@@H]1CCCC[C@@H]1O3. The van der Waals surface area contributed by atoms with E-state index in [1.807, 2.05) is 6.20 Å². The van der Waals surface area contributed by atoms with E-state index in [0.717, 1.165) is 24.3 Å². The average Bonchev–Trinajstić information content (AvgIpc) is 2.93. The second kappa shape index (κ2) is 5.26. The number of hydrogen-bond acceptors (Lipinski definition) is 5. The monoisotopic (exact) mass is 301 g/mol. The molecule has 2 aliphatic rings. The van der Waals surface area contributed by atoms with Crippen molar-refractivity contribution in [3.8, 4) is 5.75 Å². The minimum atomic E-state index is -0.378. The minimum Gasteiger partial charge on any atom is -0.487 e. The molecule has 0 saturated heterocycles. The van der Waals surface area contributed by atoms with Gasteiger partial charge in [0.25, 0.3) is 0 Å². The standard InChI is InChI=1S/C16H19N3O3/c1-2-21-16(20)11-8-17-19-9-14-12(18-15(11)19)7-10-5-3-4-6-13(10)22-14/h8-10,13H,2-7H2,1H3/t10-,13-/m0/s1. The molecule has 0 aromatic carbocycles. The van der Waals surface area contributed by atoms with Gasteiger partial charge in [-0.05, 0) is 32.6 Å². The molecule has 1 saturated carbocycles. The summed E-state index contributed by atoms with van der Waals surface area (Å²) < 4.78 is 12.8. The summed E-state index contributed by atoms with van der Waals surface area (Å²) in [5.41, 5.74) is 1.90. The highest BCUT2D eigenvalue weighted by Crippen LogP contribution is 2.37. The fraction of sp³-hybridized carbons (Fsp3) is 0.562. The lowest BCUT2D eigenvalue weighted by molar-refractivity contribution is 0.0528. The normalized spacial score (nSPS) is 23.5. The van der Waals surface area contributed by atoms with Crippen molar-refractivity contribution in [2.75, 3.05) is 6.61 Å². The van der Waals surface area contributed by atoms with Gasteiger partial charge in [0.2, 0.25) is 0 Å². The van der Waals surface area contributed by atoms with Crippen LogP contribution in [0.3, 0.4) is 0 Å². The molecule has 1 aliphatic heterocycles. The number of nitrogens with zero attached hydrogens (tertiary/aromatic N) is 3. The van der Waals surface area contributed by atoms with Gasteiger partial charge >= 0.3 is 5.97 Å². The van der Waals surface area contributed by atoms with E-state index in [2.05, 4.69) is 10.1 Å². The Kier molecular flexibility index (Phi) is 3.24. The zero-order valence-electron chi connectivity index (χ0n) is 12.6. The Morgan fingerprint density at radius 3 is 3.18 bits per heavy atom. The minimum absolute atomic E-state index is 0.306. The van der Waals surface area contributed by atoms with Crippen LogP contribution in [0, 0.1) is 5.92 Å². The molecule has 2 aromatic heterocycles. The van der Waals surface area contributed by atoms with Crippen molar-refractivity contribution in [2.45, 2.75) is 45.1 Å². The third-order valence-corrected chi connectivity index (χ3v) is 4.60. The molecular weight excluding hydrogens is 282 g/mol. The van der Waals surface area contributed by atoms with Gasteiger partial charge in [0.15, 0.2) is 11.4 Å². The molecule has 22 heavy (non-hydrogen) atoms. The first kappa shape index (κ1) is 13.5.